The van der Waals surface area contributed by atoms with E-state index in [1.807, 2.05) is 13.0 Å². The van der Waals surface area contributed by atoms with E-state index in [2.05, 4.69) is 9.80 Å². The molecule has 0 spiro atoms. The second-order valence-electron chi connectivity index (χ2n) is 11.3. The van der Waals surface area contributed by atoms with Crippen LogP contribution in [0.25, 0.3) is 0 Å². The first kappa shape index (κ1) is 36.5. The molecule has 45 heavy (non-hydrogen) atoms. The molecule has 0 unspecified atom stereocenters. The number of carbonyl (C=O) groups is 3. The van der Waals surface area contributed by atoms with Crippen molar-refractivity contribution in [2.75, 3.05) is 32.7 Å². The van der Waals surface area contributed by atoms with Crippen LogP contribution in [0.5, 0.6) is 5.75 Å². The third-order valence-corrected chi connectivity index (χ3v) is 9.06. The first-order chi connectivity index (χ1) is 21.3. The molecule has 0 amide bonds. The fourth-order valence-corrected chi connectivity index (χ4v) is 5.81. The Morgan fingerprint density at radius 3 is 1.93 bits per heavy atom. The molecule has 5 N–H and O–H groups in total. The van der Waals surface area contributed by atoms with E-state index in [-0.39, 0.29) is 11.9 Å². The van der Waals surface area contributed by atoms with Gasteiger partial charge in [-0.25, -0.2) is 14.0 Å². The van der Waals surface area contributed by atoms with Crippen molar-refractivity contribution in [3.8, 4) is 5.75 Å². The zero-order valence-corrected chi connectivity index (χ0v) is 26.3. The molecule has 2 heterocycles. The van der Waals surface area contributed by atoms with Gasteiger partial charge in [0.25, 0.3) is 0 Å². The van der Waals surface area contributed by atoms with Crippen LogP contribution in [-0.2, 0) is 20.8 Å². The molecule has 14 heteroatoms. The number of nitrogens with zero attached hydrogens (tertiary/aromatic N) is 2. The summed E-state index contributed by atoms with van der Waals surface area (Å²) in [6, 6.07) is 9.23. The van der Waals surface area contributed by atoms with E-state index in [0.29, 0.717) is 22.4 Å². The maximum absolute atomic E-state index is 13.2. The third-order valence-electron chi connectivity index (χ3n) is 8.16. The molecule has 2 aliphatic rings. The second kappa shape index (κ2) is 17.1. The minimum Gasteiger partial charge on any atom is -0.490 e. The fourth-order valence-electron chi connectivity index (χ4n) is 5.45. The highest BCUT2D eigenvalue weighted by Gasteiger charge is 2.32. The largest absolute Gasteiger partial charge is 0.490 e. The van der Waals surface area contributed by atoms with Gasteiger partial charge in [-0.05, 0) is 87.9 Å². The molecule has 0 bridgehead atoms. The molecule has 2 fully saturated rings. The number of hydrogen-bond acceptors (Lipinski definition) is 8. The van der Waals surface area contributed by atoms with Gasteiger partial charge in [0.15, 0.2) is 12.2 Å². The number of ether oxygens (including phenoxy) is 1. The number of aliphatic hydroxyl groups excluding tert-OH is 2. The number of halogens is 3. The van der Waals surface area contributed by atoms with E-state index >= 15 is 0 Å². The van der Waals surface area contributed by atoms with Gasteiger partial charge in [0.1, 0.15) is 23.7 Å². The van der Waals surface area contributed by atoms with Gasteiger partial charge in [-0.15, -0.1) is 0 Å². The van der Waals surface area contributed by atoms with Crippen molar-refractivity contribution < 1.29 is 49.0 Å². The predicted octanol–water partition coefficient (Wildman–Crippen LogP) is 3.57. The van der Waals surface area contributed by atoms with Crippen molar-refractivity contribution in [3.63, 3.8) is 0 Å². The number of hydrogen-bond donors (Lipinski definition) is 5. The predicted molar refractivity (Wildman–Crippen MR) is 164 cm³/mol. The summed E-state index contributed by atoms with van der Waals surface area (Å²) in [5.74, 6) is -3.28. The lowest BCUT2D eigenvalue weighted by molar-refractivity contribution is -0.165. The van der Waals surface area contributed by atoms with Crippen molar-refractivity contribution in [1.29, 1.82) is 0 Å². The maximum atomic E-state index is 13.2. The SMILES string of the molecule is Cc1c(OC2CCN(CC3CCN([C@@H](Cc4ccc(F)cc4)C(=O)O)CC3)CC2)ccc(Cl)c1Cl.O=C(O)[C@H](O)[C@@H](O)C(=O)O. The zero-order valence-electron chi connectivity index (χ0n) is 24.8. The second-order valence-corrected chi connectivity index (χ2v) is 12.1. The molecule has 0 saturated carbocycles. The van der Waals surface area contributed by atoms with Gasteiger partial charge in [-0.1, -0.05) is 35.3 Å². The molecule has 0 aliphatic carbocycles. The molecule has 2 saturated heterocycles. The summed E-state index contributed by atoms with van der Waals surface area (Å²) in [6.45, 7) is 6.51. The smallest absolute Gasteiger partial charge is 0.335 e. The lowest BCUT2D eigenvalue weighted by atomic mass is 9.93. The number of rotatable bonds is 11. The molecule has 248 valence electrons. The zero-order chi connectivity index (χ0) is 33.3. The lowest BCUT2D eigenvalue weighted by Gasteiger charge is -2.39. The molecule has 4 rings (SSSR count). The van der Waals surface area contributed by atoms with E-state index in [1.165, 1.54) is 12.1 Å². The van der Waals surface area contributed by atoms with Gasteiger partial charge >= 0.3 is 17.9 Å². The van der Waals surface area contributed by atoms with Gasteiger partial charge in [-0.2, -0.15) is 0 Å². The Kier molecular flexibility index (Phi) is 13.8. The van der Waals surface area contributed by atoms with Crippen molar-refractivity contribution in [3.05, 3.63) is 63.4 Å². The number of likely N-dealkylation sites (tertiary alicyclic amines) is 2. The fraction of sp³-hybridized carbons (Fsp3) is 0.516. The minimum atomic E-state index is -2.27. The first-order valence-electron chi connectivity index (χ1n) is 14.6. The van der Waals surface area contributed by atoms with Crippen LogP contribution in [0, 0.1) is 18.7 Å². The van der Waals surface area contributed by atoms with Crippen molar-refractivity contribution in [1.82, 2.24) is 9.80 Å². The summed E-state index contributed by atoms with van der Waals surface area (Å²) in [5, 5.41) is 43.4. The summed E-state index contributed by atoms with van der Waals surface area (Å²) < 4.78 is 19.4. The van der Waals surface area contributed by atoms with E-state index in [4.69, 9.17) is 48.4 Å². The van der Waals surface area contributed by atoms with Crippen LogP contribution in [0.1, 0.15) is 36.8 Å². The summed E-state index contributed by atoms with van der Waals surface area (Å²) in [6.07, 6.45) is -0.0411. The average molecular weight is 674 g/mol. The lowest BCUT2D eigenvalue weighted by Crippen LogP contribution is -2.48. The minimum absolute atomic E-state index is 0.173. The summed E-state index contributed by atoms with van der Waals surface area (Å²) in [5.41, 5.74) is 1.73. The number of carboxylic acid groups (broad SMARTS) is 3. The first-order valence-corrected chi connectivity index (χ1v) is 15.4. The van der Waals surface area contributed by atoms with Crippen LogP contribution in [0.4, 0.5) is 4.39 Å². The van der Waals surface area contributed by atoms with Gasteiger partial charge in [0.2, 0.25) is 0 Å². The van der Waals surface area contributed by atoms with E-state index < -0.39 is 36.2 Å². The quantitative estimate of drug-likeness (QED) is 0.237. The van der Waals surface area contributed by atoms with Crippen molar-refractivity contribution >= 4 is 41.1 Å². The third kappa shape index (κ3) is 10.8. The molecular formula is C31H39Cl2FN2O9. The van der Waals surface area contributed by atoms with Crippen LogP contribution < -0.4 is 4.74 Å². The van der Waals surface area contributed by atoms with Gasteiger partial charge in [0, 0.05) is 25.2 Å². The highest BCUT2D eigenvalue weighted by Crippen LogP contribution is 2.33. The van der Waals surface area contributed by atoms with Crippen LogP contribution in [0.15, 0.2) is 36.4 Å². The molecular weight excluding hydrogens is 634 g/mol. The Morgan fingerprint density at radius 2 is 1.42 bits per heavy atom. The monoisotopic (exact) mass is 672 g/mol. The van der Waals surface area contributed by atoms with E-state index in [9.17, 15) is 23.9 Å². The molecule has 2 aromatic rings. The van der Waals surface area contributed by atoms with E-state index in [0.717, 1.165) is 75.3 Å². The number of carboxylic acids is 3. The van der Waals surface area contributed by atoms with Crippen LogP contribution >= 0.6 is 23.2 Å². The van der Waals surface area contributed by atoms with Crippen LogP contribution in [0.2, 0.25) is 10.0 Å². The standard InChI is InChI=1S/C27H33Cl2FN2O3.C4H6O6/c1-18-25(7-6-23(28)26(18)29)35-22-10-12-31(13-11-22)17-20-8-14-32(15-9-20)24(27(33)34)16-19-2-4-21(30)5-3-19;5-1(3(7)8)2(6)4(9)10/h2-7,20,22,24H,8-17H2,1H3,(H,33,34);1-2,5-6H,(H,7,8)(H,9,10)/t24-;1-,2-/m01/s1. The number of aliphatic hydroxyl groups is 2. The Labute approximate surface area is 270 Å². The number of aliphatic carboxylic acids is 3. The number of benzene rings is 2. The highest BCUT2D eigenvalue weighted by atomic mass is 35.5. The molecule has 11 nitrogen and oxygen atoms in total. The highest BCUT2D eigenvalue weighted by molar-refractivity contribution is 6.42. The summed E-state index contributed by atoms with van der Waals surface area (Å²) in [7, 11) is 0. The van der Waals surface area contributed by atoms with Gasteiger partial charge in [0.05, 0.1) is 10.0 Å². The normalized spacial score (nSPS) is 18.7. The Bertz CT molecular complexity index is 1280. The Morgan fingerprint density at radius 1 is 0.867 bits per heavy atom. The average Bonchev–Trinajstić information content (AvgIpc) is 3.01. The Balaban J connectivity index is 0.000000477. The maximum Gasteiger partial charge on any atom is 0.335 e. The van der Waals surface area contributed by atoms with Crippen LogP contribution in [-0.4, -0.2) is 110 Å². The molecule has 2 aromatic carbocycles. The molecule has 0 aromatic heterocycles. The van der Waals surface area contributed by atoms with Gasteiger partial charge in [-0.3, -0.25) is 9.69 Å². The molecule has 3 atom stereocenters. The summed E-state index contributed by atoms with van der Waals surface area (Å²) >= 11 is 12.3. The molecule has 2 aliphatic heterocycles. The summed E-state index contributed by atoms with van der Waals surface area (Å²) in [4.78, 5) is 36.1. The number of piperidine rings is 2. The van der Waals surface area contributed by atoms with Crippen molar-refractivity contribution in [2.45, 2.75) is 63.4 Å². The van der Waals surface area contributed by atoms with Crippen molar-refractivity contribution in [2.24, 2.45) is 5.92 Å². The Hall–Kier alpha value is -3.00. The van der Waals surface area contributed by atoms with Gasteiger partial charge < -0.3 is 35.2 Å². The molecule has 0 radical (unpaired) electrons. The van der Waals surface area contributed by atoms with Crippen LogP contribution in [0.3, 0.4) is 0 Å². The van der Waals surface area contributed by atoms with E-state index in [1.54, 1.807) is 18.2 Å². The topological polar surface area (TPSA) is 168 Å².